The van der Waals surface area contributed by atoms with E-state index >= 15 is 8.78 Å². The number of carbonyl (C=O) groups excluding carboxylic acids is 1. The van der Waals surface area contributed by atoms with Gasteiger partial charge in [-0.1, -0.05) is 0 Å². The van der Waals surface area contributed by atoms with Gasteiger partial charge in [0.05, 0.1) is 38.3 Å². The predicted octanol–water partition coefficient (Wildman–Crippen LogP) is 4.65. The van der Waals surface area contributed by atoms with Crippen LogP contribution in [0.4, 0.5) is 8.78 Å². The summed E-state index contributed by atoms with van der Waals surface area (Å²) in [5, 5.41) is 4.30. The number of methoxy groups -OCH3 is 1. The molecule has 2 aromatic heterocycles. The number of nitrogens with zero attached hydrogens (tertiary/aromatic N) is 3. The number of pyridine rings is 1. The van der Waals surface area contributed by atoms with Crippen LogP contribution in [0.5, 0.6) is 5.88 Å². The first-order valence-electron chi connectivity index (χ1n) is 10.7. The minimum Gasteiger partial charge on any atom is -0.481 e. The number of hydrogen-bond donors (Lipinski definition) is 0. The molecule has 1 unspecified atom stereocenters. The molecule has 9 heteroatoms. The molecule has 33 heavy (non-hydrogen) atoms. The SMILES string of the molecule is CCOC(=O)c1cnn(C2CCOC2)c1-c1cc(F)c(-c2c(C)cc(OC)nc2C)cc1F. The predicted molar refractivity (Wildman–Crippen MR) is 117 cm³/mol. The van der Waals surface area contributed by atoms with E-state index in [1.165, 1.54) is 18.0 Å². The number of hydrogen-bond acceptors (Lipinski definition) is 6. The topological polar surface area (TPSA) is 75.5 Å². The average molecular weight is 457 g/mol. The van der Waals surface area contributed by atoms with Gasteiger partial charge in [0.1, 0.15) is 17.2 Å². The maximum absolute atomic E-state index is 15.5. The van der Waals surface area contributed by atoms with Crippen LogP contribution in [0.25, 0.3) is 22.4 Å². The number of halogens is 2. The molecule has 7 nitrogen and oxygen atoms in total. The summed E-state index contributed by atoms with van der Waals surface area (Å²) < 4.78 is 48.2. The zero-order valence-electron chi connectivity index (χ0n) is 18.9. The Morgan fingerprint density at radius 1 is 1.21 bits per heavy atom. The Morgan fingerprint density at radius 3 is 2.58 bits per heavy atom. The summed E-state index contributed by atoms with van der Waals surface area (Å²) >= 11 is 0. The number of rotatable bonds is 6. The van der Waals surface area contributed by atoms with Gasteiger partial charge >= 0.3 is 5.97 Å². The number of benzene rings is 1. The Bertz CT molecular complexity index is 1180. The molecule has 1 saturated heterocycles. The number of ether oxygens (including phenoxy) is 3. The van der Waals surface area contributed by atoms with Gasteiger partial charge < -0.3 is 14.2 Å². The molecule has 1 aliphatic heterocycles. The molecule has 0 N–H and O–H groups in total. The minimum atomic E-state index is -0.688. The zero-order valence-corrected chi connectivity index (χ0v) is 18.9. The van der Waals surface area contributed by atoms with Crippen molar-refractivity contribution in [3.05, 3.63) is 52.9 Å². The summed E-state index contributed by atoms with van der Waals surface area (Å²) in [6.45, 7) is 6.21. The van der Waals surface area contributed by atoms with E-state index in [1.54, 1.807) is 26.8 Å². The first-order chi connectivity index (χ1) is 15.8. The lowest BCUT2D eigenvalue weighted by molar-refractivity contribution is 0.0527. The molecule has 0 amide bonds. The zero-order chi connectivity index (χ0) is 23.7. The van der Waals surface area contributed by atoms with Crippen molar-refractivity contribution in [1.82, 2.24) is 14.8 Å². The first kappa shape index (κ1) is 22.8. The monoisotopic (exact) mass is 457 g/mol. The maximum atomic E-state index is 15.5. The molecule has 1 fully saturated rings. The summed E-state index contributed by atoms with van der Waals surface area (Å²) in [5.74, 6) is -1.58. The Morgan fingerprint density at radius 2 is 1.94 bits per heavy atom. The summed E-state index contributed by atoms with van der Waals surface area (Å²) in [5.41, 5.74) is 1.96. The normalized spacial score (nSPS) is 15.6. The highest BCUT2D eigenvalue weighted by molar-refractivity contribution is 5.96. The van der Waals surface area contributed by atoms with E-state index in [-0.39, 0.29) is 35.0 Å². The van der Waals surface area contributed by atoms with Crippen LogP contribution in [0.2, 0.25) is 0 Å². The number of esters is 1. The molecule has 3 aromatic rings. The van der Waals surface area contributed by atoms with Gasteiger partial charge in [-0.15, -0.1) is 0 Å². The van der Waals surface area contributed by atoms with Gasteiger partial charge in [-0.25, -0.2) is 18.6 Å². The van der Waals surface area contributed by atoms with E-state index in [0.29, 0.717) is 42.3 Å². The van der Waals surface area contributed by atoms with E-state index in [9.17, 15) is 4.79 Å². The van der Waals surface area contributed by atoms with Crippen LogP contribution >= 0.6 is 0 Å². The fourth-order valence-electron chi connectivity index (χ4n) is 4.21. The van der Waals surface area contributed by atoms with E-state index in [0.717, 1.165) is 12.1 Å². The molecule has 0 radical (unpaired) electrons. The van der Waals surface area contributed by atoms with Crippen LogP contribution in [0.3, 0.4) is 0 Å². The van der Waals surface area contributed by atoms with Crippen LogP contribution < -0.4 is 4.74 Å². The van der Waals surface area contributed by atoms with Gasteiger partial charge in [0, 0.05) is 35.1 Å². The van der Waals surface area contributed by atoms with Crippen molar-refractivity contribution in [2.45, 2.75) is 33.2 Å². The highest BCUT2D eigenvalue weighted by atomic mass is 19.1. The van der Waals surface area contributed by atoms with E-state index in [1.807, 2.05) is 0 Å². The van der Waals surface area contributed by atoms with Gasteiger partial charge in [-0.05, 0) is 44.9 Å². The van der Waals surface area contributed by atoms with Crippen molar-refractivity contribution < 1.29 is 27.8 Å². The van der Waals surface area contributed by atoms with Gasteiger partial charge in [-0.3, -0.25) is 4.68 Å². The second-order valence-corrected chi connectivity index (χ2v) is 7.84. The number of aryl methyl sites for hydroxylation is 2. The molecule has 0 saturated carbocycles. The molecule has 1 atom stereocenters. The van der Waals surface area contributed by atoms with Crippen molar-refractivity contribution in [2.75, 3.05) is 26.9 Å². The van der Waals surface area contributed by atoms with Crippen molar-refractivity contribution in [2.24, 2.45) is 0 Å². The molecule has 3 heterocycles. The lowest BCUT2D eigenvalue weighted by atomic mass is 9.96. The summed E-state index contributed by atoms with van der Waals surface area (Å²) in [7, 11) is 1.50. The van der Waals surface area contributed by atoms with Crippen molar-refractivity contribution in [3.8, 4) is 28.3 Å². The molecular formula is C24H25F2N3O4. The summed E-state index contributed by atoms with van der Waals surface area (Å²) in [4.78, 5) is 16.9. The second kappa shape index (κ2) is 9.27. The van der Waals surface area contributed by atoms with Crippen LogP contribution in [-0.4, -0.2) is 47.7 Å². The van der Waals surface area contributed by atoms with Crippen LogP contribution in [-0.2, 0) is 9.47 Å². The maximum Gasteiger partial charge on any atom is 0.341 e. The largest absolute Gasteiger partial charge is 0.481 e. The van der Waals surface area contributed by atoms with Gasteiger partial charge in [0.25, 0.3) is 0 Å². The molecule has 0 bridgehead atoms. The number of carbonyl (C=O) groups is 1. The van der Waals surface area contributed by atoms with Gasteiger partial charge in [-0.2, -0.15) is 5.10 Å². The lowest BCUT2D eigenvalue weighted by Crippen LogP contribution is -2.14. The molecule has 1 aromatic carbocycles. The Labute approximate surface area is 190 Å². The summed E-state index contributed by atoms with van der Waals surface area (Å²) in [6, 6.07) is 3.70. The third kappa shape index (κ3) is 4.20. The first-order valence-corrected chi connectivity index (χ1v) is 10.7. The van der Waals surface area contributed by atoms with E-state index < -0.39 is 17.6 Å². The fraction of sp³-hybridized carbons (Fsp3) is 0.375. The highest BCUT2D eigenvalue weighted by Gasteiger charge is 2.29. The Hall–Kier alpha value is -3.33. The average Bonchev–Trinajstić information content (AvgIpc) is 3.45. The van der Waals surface area contributed by atoms with Crippen LogP contribution in [0, 0.1) is 25.5 Å². The third-order valence-electron chi connectivity index (χ3n) is 5.71. The fourth-order valence-corrected chi connectivity index (χ4v) is 4.21. The van der Waals surface area contributed by atoms with E-state index in [2.05, 4.69) is 10.1 Å². The Kier molecular flexibility index (Phi) is 6.42. The smallest absolute Gasteiger partial charge is 0.341 e. The molecule has 174 valence electrons. The highest BCUT2D eigenvalue weighted by Crippen LogP contribution is 2.37. The van der Waals surface area contributed by atoms with Crippen molar-refractivity contribution >= 4 is 5.97 Å². The standard InChI is InChI=1S/C24H25F2N3O4/c1-5-33-24(30)18-11-27-29(15-6-7-32-12-15)23(18)17-10-19(25)16(9-20(17)26)22-13(2)8-21(31-4)28-14(22)3/h8-11,15H,5-7,12H2,1-4H3. The third-order valence-corrected chi connectivity index (χ3v) is 5.71. The minimum absolute atomic E-state index is 0.0690. The van der Waals surface area contributed by atoms with Gasteiger partial charge in [0.15, 0.2) is 0 Å². The molecular weight excluding hydrogens is 432 g/mol. The molecule has 1 aliphatic rings. The van der Waals surface area contributed by atoms with Crippen LogP contribution in [0.15, 0.2) is 24.4 Å². The summed E-state index contributed by atoms with van der Waals surface area (Å²) in [6.07, 6.45) is 1.98. The Balaban J connectivity index is 1.87. The second-order valence-electron chi connectivity index (χ2n) is 7.84. The molecule has 0 aliphatic carbocycles. The van der Waals surface area contributed by atoms with Crippen molar-refractivity contribution in [1.29, 1.82) is 0 Å². The van der Waals surface area contributed by atoms with E-state index in [4.69, 9.17) is 14.2 Å². The molecule has 0 spiro atoms. The van der Waals surface area contributed by atoms with Gasteiger partial charge in [0.2, 0.25) is 5.88 Å². The quantitative estimate of drug-likeness (QED) is 0.502. The van der Waals surface area contributed by atoms with Crippen LogP contribution in [0.1, 0.15) is 41.0 Å². The lowest BCUT2D eigenvalue weighted by Gasteiger charge is -2.17. The molecule has 4 rings (SSSR count). The number of aromatic nitrogens is 3. The van der Waals surface area contributed by atoms with Crippen molar-refractivity contribution in [3.63, 3.8) is 0 Å².